The Bertz CT molecular complexity index is 387. The number of hydrogen-bond donors (Lipinski definition) is 0. The standard InChI is InChI=1S/C10H6Br.BrH.Mg/c11-10-6-5-8-3-1-2-4-9(8)7-10;;/h2-7H;1H;/q-1;;+2/p-1. The van der Waals surface area contributed by atoms with Crippen molar-refractivity contribution in [2.24, 2.45) is 0 Å². The number of fused-ring (bicyclic) bond motifs is 1. The molecule has 0 N–H and O–H groups in total. The summed E-state index contributed by atoms with van der Waals surface area (Å²) in [6.45, 7) is 0. The average Bonchev–Trinajstić information content (AvgIpc) is 2.04. The number of rotatable bonds is 0. The van der Waals surface area contributed by atoms with Crippen LogP contribution in [0.5, 0.6) is 0 Å². The summed E-state index contributed by atoms with van der Waals surface area (Å²) in [5, 5.41) is 2.48. The van der Waals surface area contributed by atoms with Crippen molar-refractivity contribution in [3.05, 3.63) is 46.9 Å². The van der Waals surface area contributed by atoms with E-state index >= 15 is 0 Å². The molecule has 0 aromatic heterocycles. The summed E-state index contributed by atoms with van der Waals surface area (Å²) in [6, 6.07) is 15.2. The second kappa shape index (κ2) is 6.01. The van der Waals surface area contributed by atoms with Crippen molar-refractivity contribution < 1.29 is 17.0 Å². The van der Waals surface area contributed by atoms with Crippen molar-refractivity contribution in [2.45, 2.75) is 0 Å². The van der Waals surface area contributed by atoms with Crippen molar-refractivity contribution in [1.29, 1.82) is 0 Å². The van der Waals surface area contributed by atoms with Crippen LogP contribution in [0.1, 0.15) is 0 Å². The minimum absolute atomic E-state index is 0. The van der Waals surface area contributed by atoms with Crippen molar-refractivity contribution in [3.63, 3.8) is 0 Å². The Morgan fingerprint density at radius 2 is 1.85 bits per heavy atom. The molecule has 13 heavy (non-hydrogen) atoms. The quantitative estimate of drug-likeness (QED) is 0.476. The van der Waals surface area contributed by atoms with Gasteiger partial charge in [0.1, 0.15) is 0 Å². The first-order valence-electron chi connectivity index (χ1n) is 3.42. The molecule has 0 spiro atoms. The molecule has 0 bridgehead atoms. The summed E-state index contributed by atoms with van der Waals surface area (Å²) in [5.74, 6) is 0. The van der Waals surface area contributed by atoms with E-state index in [1.165, 1.54) is 10.8 Å². The summed E-state index contributed by atoms with van der Waals surface area (Å²) >= 11 is 3.42. The second-order valence-electron chi connectivity index (χ2n) is 2.42. The molecule has 2 rings (SSSR count). The van der Waals surface area contributed by atoms with Gasteiger partial charge in [-0.15, -0.1) is 16.8 Å². The van der Waals surface area contributed by atoms with E-state index in [2.05, 4.69) is 40.2 Å². The summed E-state index contributed by atoms with van der Waals surface area (Å²) in [7, 11) is 0. The normalized spacial score (nSPS) is 8.69. The minimum atomic E-state index is 0. The number of halogens is 2. The minimum Gasteiger partial charge on any atom is -1.00 e. The van der Waals surface area contributed by atoms with E-state index in [0.29, 0.717) is 0 Å². The maximum atomic E-state index is 3.42. The van der Waals surface area contributed by atoms with Crippen LogP contribution in [0.3, 0.4) is 0 Å². The van der Waals surface area contributed by atoms with Crippen LogP contribution in [0.2, 0.25) is 0 Å². The third kappa shape index (κ3) is 3.24. The van der Waals surface area contributed by atoms with Crippen molar-refractivity contribution in [2.75, 3.05) is 0 Å². The molecule has 0 saturated heterocycles. The Morgan fingerprint density at radius 1 is 1.08 bits per heavy atom. The molecule has 0 aliphatic heterocycles. The molecule has 3 heteroatoms. The van der Waals surface area contributed by atoms with Gasteiger partial charge in [0, 0.05) is 4.47 Å². The van der Waals surface area contributed by atoms with Crippen LogP contribution in [0, 0.1) is 6.07 Å². The molecule has 0 radical (unpaired) electrons. The van der Waals surface area contributed by atoms with E-state index in [-0.39, 0.29) is 40.0 Å². The van der Waals surface area contributed by atoms with Crippen LogP contribution >= 0.6 is 15.9 Å². The van der Waals surface area contributed by atoms with Gasteiger partial charge in [-0.05, 0) is 0 Å². The van der Waals surface area contributed by atoms with Gasteiger partial charge in [-0.2, -0.15) is 24.3 Å². The first-order chi connectivity index (χ1) is 5.36. The predicted molar refractivity (Wildman–Crippen MR) is 56.2 cm³/mol. The van der Waals surface area contributed by atoms with Gasteiger partial charge in [0.15, 0.2) is 0 Å². The monoisotopic (exact) mass is 308 g/mol. The zero-order valence-corrected chi connectivity index (χ0v) is 11.5. The van der Waals surface area contributed by atoms with E-state index in [0.717, 1.165) is 4.47 Å². The van der Waals surface area contributed by atoms with Crippen LogP contribution in [0.25, 0.3) is 10.8 Å². The zero-order valence-electron chi connectivity index (χ0n) is 6.93. The maximum absolute atomic E-state index is 3.42. The third-order valence-electron chi connectivity index (χ3n) is 1.65. The van der Waals surface area contributed by atoms with E-state index in [9.17, 15) is 0 Å². The molecule has 2 aromatic carbocycles. The summed E-state index contributed by atoms with van der Waals surface area (Å²) < 4.78 is 1.12. The molecule has 0 saturated carbocycles. The first kappa shape index (κ1) is 13.4. The molecule has 0 unspecified atom stereocenters. The second-order valence-corrected chi connectivity index (χ2v) is 3.33. The molecule has 2 aromatic rings. The average molecular weight is 310 g/mol. The fourth-order valence-electron chi connectivity index (χ4n) is 1.10. The summed E-state index contributed by atoms with van der Waals surface area (Å²) in [5.41, 5.74) is 0. The molecule has 0 atom stereocenters. The Labute approximate surface area is 113 Å². The van der Waals surface area contributed by atoms with Crippen molar-refractivity contribution in [1.82, 2.24) is 0 Å². The molecule has 62 valence electrons. The first-order valence-corrected chi connectivity index (χ1v) is 4.21. The summed E-state index contributed by atoms with van der Waals surface area (Å²) in [4.78, 5) is 0. The van der Waals surface area contributed by atoms with E-state index in [4.69, 9.17) is 0 Å². The van der Waals surface area contributed by atoms with Gasteiger partial charge < -0.3 is 17.0 Å². The van der Waals surface area contributed by atoms with Gasteiger partial charge in [-0.3, -0.25) is 0 Å². The van der Waals surface area contributed by atoms with Crippen LogP contribution in [-0.2, 0) is 0 Å². The van der Waals surface area contributed by atoms with E-state index in [1.54, 1.807) is 0 Å². The van der Waals surface area contributed by atoms with Gasteiger partial charge in [-0.25, -0.2) is 0 Å². The fourth-order valence-corrected chi connectivity index (χ4v) is 1.48. The van der Waals surface area contributed by atoms with Gasteiger partial charge in [0.2, 0.25) is 0 Å². The van der Waals surface area contributed by atoms with Crippen molar-refractivity contribution in [3.8, 4) is 0 Å². The molecule has 0 fully saturated rings. The van der Waals surface area contributed by atoms with Gasteiger partial charge in [-0.1, -0.05) is 28.1 Å². The Morgan fingerprint density at radius 3 is 2.62 bits per heavy atom. The van der Waals surface area contributed by atoms with Gasteiger partial charge in [0.05, 0.1) is 0 Å². The molecule has 0 aliphatic carbocycles. The molecule has 0 amide bonds. The van der Waals surface area contributed by atoms with Gasteiger partial charge >= 0.3 is 23.1 Å². The topological polar surface area (TPSA) is 0 Å². The van der Waals surface area contributed by atoms with Crippen molar-refractivity contribution >= 4 is 49.8 Å². The third-order valence-corrected chi connectivity index (χ3v) is 2.14. The maximum Gasteiger partial charge on any atom is 2.00 e. The molecular formula is C10H6Br2Mg. The smallest absolute Gasteiger partial charge is 1.00 e. The fraction of sp³-hybridized carbons (Fsp3) is 0. The van der Waals surface area contributed by atoms with Crippen LogP contribution in [0.4, 0.5) is 0 Å². The van der Waals surface area contributed by atoms with Crippen LogP contribution in [-0.4, -0.2) is 23.1 Å². The Kier molecular flexibility index (Phi) is 6.21. The SMILES string of the molecule is Brc1ccc2c[c-]ccc2c1.[Br-].[Mg+2]. The molecule has 0 heterocycles. The molecular weight excluding hydrogens is 304 g/mol. The Hall–Kier alpha value is 0.426. The summed E-state index contributed by atoms with van der Waals surface area (Å²) in [6.07, 6.45) is 0. The molecule has 0 aliphatic rings. The predicted octanol–water partition coefficient (Wildman–Crippen LogP) is 0.0257. The zero-order chi connectivity index (χ0) is 7.68. The van der Waals surface area contributed by atoms with E-state index < -0.39 is 0 Å². The van der Waals surface area contributed by atoms with E-state index in [1.807, 2.05) is 18.2 Å². The number of benzene rings is 2. The van der Waals surface area contributed by atoms with Gasteiger partial charge in [0.25, 0.3) is 0 Å². The van der Waals surface area contributed by atoms with Crippen LogP contribution < -0.4 is 17.0 Å². The van der Waals surface area contributed by atoms with Crippen LogP contribution in [0.15, 0.2) is 40.9 Å². The largest absolute Gasteiger partial charge is 2.00 e. The molecule has 0 nitrogen and oxygen atoms in total. The Balaban J connectivity index is 0.000000720. The number of hydrogen-bond acceptors (Lipinski definition) is 0.